The lowest BCUT2D eigenvalue weighted by molar-refractivity contribution is 0.00118. The van der Waals surface area contributed by atoms with Gasteiger partial charge in [0.1, 0.15) is 5.82 Å². The highest BCUT2D eigenvalue weighted by Crippen LogP contribution is 2.55. The summed E-state index contributed by atoms with van der Waals surface area (Å²) in [4.78, 5) is 7.20. The van der Waals surface area contributed by atoms with E-state index >= 15 is 0 Å². The fourth-order valence-electron chi connectivity index (χ4n) is 4.74. The van der Waals surface area contributed by atoms with Crippen molar-refractivity contribution in [1.29, 1.82) is 0 Å². The van der Waals surface area contributed by atoms with Crippen LogP contribution in [-0.4, -0.2) is 42.9 Å². The molecule has 2 heterocycles. The van der Waals surface area contributed by atoms with Crippen molar-refractivity contribution in [3.63, 3.8) is 0 Å². The fourth-order valence-corrected chi connectivity index (χ4v) is 4.74. The van der Waals surface area contributed by atoms with Gasteiger partial charge >= 0.3 is 0 Å². The summed E-state index contributed by atoms with van der Waals surface area (Å²) in [5, 5.41) is 3.69. The summed E-state index contributed by atoms with van der Waals surface area (Å²) in [5.41, 5.74) is 8.80. The van der Waals surface area contributed by atoms with Crippen molar-refractivity contribution < 1.29 is 4.74 Å². The van der Waals surface area contributed by atoms with Crippen molar-refractivity contribution in [2.24, 2.45) is 11.1 Å². The first-order chi connectivity index (χ1) is 11.6. The molecule has 1 spiro atoms. The lowest BCUT2D eigenvalue weighted by atomic mass is 9.52. The zero-order chi connectivity index (χ0) is 16.7. The highest BCUT2D eigenvalue weighted by atomic mass is 16.5. The SMILES string of the molecule is CCC1CN(c2ccc(NC3CC4(CC(N)C4)C3)c(C)n2)CCO1. The molecule has 24 heavy (non-hydrogen) atoms. The Morgan fingerprint density at radius 3 is 2.79 bits per heavy atom. The largest absolute Gasteiger partial charge is 0.381 e. The van der Waals surface area contributed by atoms with Crippen LogP contribution in [0.5, 0.6) is 0 Å². The maximum atomic E-state index is 5.95. The van der Waals surface area contributed by atoms with Crippen molar-refractivity contribution in [3.8, 4) is 0 Å². The van der Waals surface area contributed by atoms with Crippen molar-refractivity contribution >= 4 is 11.5 Å². The molecule has 1 saturated heterocycles. The molecule has 0 aromatic carbocycles. The van der Waals surface area contributed by atoms with Crippen molar-refractivity contribution in [2.75, 3.05) is 29.9 Å². The van der Waals surface area contributed by atoms with Crippen LogP contribution in [0.4, 0.5) is 11.5 Å². The Kier molecular flexibility index (Phi) is 4.17. The number of rotatable bonds is 4. The molecule has 2 saturated carbocycles. The third-order valence-electron chi connectivity index (χ3n) is 6.10. The highest BCUT2D eigenvalue weighted by molar-refractivity contribution is 5.54. The predicted molar refractivity (Wildman–Crippen MR) is 97.5 cm³/mol. The van der Waals surface area contributed by atoms with Crippen LogP contribution in [0.3, 0.4) is 0 Å². The fraction of sp³-hybridized carbons (Fsp3) is 0.737. The van der Waals surface area contributed by atoms with Gasteiger partial charge in [0.25, 0.3) is 0 Å². The van der Waals surface area contributed by atoms with E-state index < -0.39 is 0 Å². The Hall–Kier alpha value is -1.33. The predicted octanol–water partition coefficient (Wildman–Crippen LogP) is 2.69. The number of hydrogen-bond acceptors (Lipinski definition) is 5. The zero-order valence-corrected chi connectivity index (χ0v) is 14.9. The molecule has 1 unspecified atom stereocenters. The number of anilines is 2. The van der Waals surface area contributed by atoms with Crippen LogP contribution >= 0.6 is 0 Å². The molecule has 3 fully saturated rings. The topological polar surface area (TPSA) is 63.4 Å². The lowest BCUT2D eigenvalue weighted by Gasteiger charge is -2.57. The molecule has 3 N–H and O–H groups in total. The van der Waals surface area contributed by atoms with Gasteiger partial charge in [0.2, 0.25) is 0 Å². The standard InChI is InChI=1S/C19H30N4O/c1-3-16-12-23(6-7-24-16)18-5-4-17(13(2)21-18)22-15-10-19(11-15)8-14(20)9-19/h4-5,14-16,22H,3,6-12,20H2,1-2H3. The molecule has 1 aromatic heterocycles. The molecule has 4 rings (SSSR count). The van der Waals surface area contributed by atoms with E-state index in [9.17, 15) is 0 Å². The van der Waals surface area contributed by atoms with E-state index in [4.69, 9.17) is 15.5 Å². The van der Waals surface area contributed by atoms with E-state index in [-0.39, 0.29) is 0 Å². The summed E-state index contributed by atoms with van der Waals surface area (Å²) in [6.07, 6.45) is 6.36. The Bertz CT molecular complexity index is 591. The Labute approximate surface area is 145 Å². The van der Waals surface area contributed by atoms with Gasteiger partial charge < -0.3 is 20.7 Å². The number of aromatic nitrogens is 1. The summed E-state index contributed by atoms with van der Waals surface area (Å²) >= 11 is 0. The zero-order valence-electron chi connectivity index (χ0n) is 14.9. The minimum atomic E-state index is 0.332. The normalized spacial score (nSPS) is 35.5. The second kappa shape index (κ2) is 6.19. The summed E-state index contributed by atoms with van der Waals surface area (Å²) in [6.45, 7) is 6.96. The van der Waals surface area contributed by atoms with Crippen LogP contribution in [0.15, 0.2) is 12.1 Å². The molecule has 0 bridgehead atoms. The molecule has 132 valence electrons. The molecule has 3 aliphatic rings. The molecule has 0 amide bonds. The first-order valence-electron chi connectivity index (χ1n) is 9.43. The number of morpholine rings is 1. The quantitative estimate of drug-likeness (QED) is 0.889. The van der Waals surface area contributed by atoms with E-state index in [1.165, 1.54) is 31.4 Å². The Balaban J connectivity index is 1.36. The van der Waals surface area contributed by atoms with Gasteiger partial charge in [-0.1, -0.05) is 6.92 Å². The third-order valence-corrected chi connectivity index (χ3v) is 6.10. The number of nitrogens with zero attached hydrogens (tertiary/aromatic N) is 2. The molecule has 2 aliphatic carbocycles. The molecule has 1 aromatic rings. The molecule has 0 radical (unpaired) electrons. The molecule has 5 nitrogen and oxygen atoms in total. The maximum Gasteiger partial charge on any atom is 0.129 e. The lowest BCUT2D eigenvalue weighted by Crippen LogP contribution is -2.57. The van der Waals surface area contributed by atoms with Gasteiger partial charge in [-0.2, -0.15) is 0 Å². The van der Waals surface area contributed by atoms with Crippen LogP contribution in [-0.2, 0) is 4.74 Å². The van der Waals surface area contributed by atoms with Crippen LogP contribution in [0.1, 0.15) is 44.7 Å². The van der Waals surface area contributed by atoms with Crippen LogP contribution < -0.4 is 16.0 Å². The van der Waals surface area contributed by atoms with Crippen LogP contribution in [0, 0.1) is 12.3 Å². The Morgan fingerprint density at radius 1 is 1.33 bits per heavy atom. The highest BCUT2D eigenvalue weighted by Gasteiger charge is 2.51. The van der Waals surface area contributed by atoms with Gasteiger partial charge in [-0.05, 0) is 56.6 Å². The van der Waals surface area contributed by atoms with Gasteiger partial charge in [0.05, 0.1) is 24.1 Å². The minimum absolute atomic E-state index is 0.332. The number of nitrogens with two attached hydrogens (primary N) is 1. The number of ether oxygens (including phenoxy) is 1. The monoisotopic (exact) mass is 330 g/mol. The van der Waals surface area contributed by atoms with Crippen molar-refractivity contribution in [3.05, 3.63) is 17.8 Å². The Morgan fingerprint density at radius 2 is 2.12 bits per heavy atom. The van der Waals surface area contributed by atoms with Gasteiger partial charge in [-0.3, -0.25) is 0 Å². The summed E-state index contributed by atoms with van der Waals surface area (Å²) < 4.78 is 5.76. The smallest absolute Gasteiger partial charge is 0.129 e. The van der Waals surface area contributed by atoms with E-state index in [1.54, 1.807) is 0 Å². The summed E-state index contributed by atoms with van der Waals surface area (Å²) in [5.74, 6) is 1.08. The van der Waals surface area contributed by atoms with Crippen molar-refractivity contribution in [1.82, 2.24) is 4.98 Å². The van der Waals surface area contributed by atoms with E-state index in [0.29, 0.717) is 23.6 Å². The number of pyridine rings is 1. The summed E-state index contributed by atoms with van der Waals surface area (Å²) in [7, 11) is 0. The van der Waals surface area contributed by atoms with Crippen molar-refractivity contribution in [2.45, 2.75) is 64.1 Å². The van der Waals surface area contributed by atoms with E-state index in [0.717, 1.165) is 37.6 Å². The van der Waals surface area contributed by atoms with E-state index in [2.05, 4.69) is 36.2 Å². The van der Waals surface area contributed by atoms with Gasteiger partial charge in [0, 0.05) is 25.2 Å². The minimum Gasteiger partial charge on any atom is -0.381 e. The molecular weight excluding hydrogens is 300 g/mol. The van der Waals surface area contributed by atoms with Gasteiger partial charge in [-0.25, -0.2) is 4.98 Å². The molecule has 1 atom stereocenters. The van der Waals surface area contributed by atoms with Crippen LogP contribution in [0.25, 0.3) is 0 Å². The average molecular weight is 330 g/mol. The molecule has 1 aliphatic heterocycles. The number of hydrogen-bond donors (Lipinski definition) is 2. The van der Waals surface area contributed by atoms with Crippen LogP contribution in [0.2, 0.25) is 0 Å². The number of aryl methyl sites for hydroxylation is 1. The molecular formula is C19H30N4O. The average Bonchev–Trinajstić information content (AvgIpc) is 2.53. The summed E-state index contributed by atoms with van der Waals surface area (Å²) in [6, 6.07) is 5.40. The molecule has 5 heteroatoms. The second-order valence-corrected chi connectivity index (χ2v) is 8.07. The number of nitrogens with one attached hydrogen (secondary N) is 1. The first-order valence-corrected chi connectivity index (χ1v) is 9.43. The third kappa shape index (κ3) is 3.00. The second-order valence-electron chi connectivity index (χ2n) is 8.07. The van der Waals surface area contributed by atoms with Gasteiger partial charge in [-0.15, -0.1) is 0 Å². The first kappa shape index (κ1) is 16.2. The van der Waals surface area contributed by atoms with E-state index in [1.807, 2.05) is 0 Å². The maximum absolute atomic E-state index is 5.95. The van der Waals surface area contributed by atoms with Gasteiger partial charge in [0.15, 0.2) is 0 Å².